The Hall–Kier alpha value is -3.03. The van der Waals surface area contributed by atoms with E-state index in [9.17, 15) is 4.79 Å². The van der Waals surface area contributed by atoms with E-state index in [1.807, 2.05) is 17.0 Å². The predicted octanol–water partition coefficient (Wildman–Crippen LogP) is 2.16. The second-order valence-corrected chi connectivity index (χ2v) is 7.93. The summed E-state index contributed by atoms with van der Waals surface area (Å²) < 4.78 is 0. The molecular formula is C20H23N7O. The van der Waals surface area contributed by atoms with E-state index < -0.39 is 0 Å². The summed E-state index contributed by atoms with van der Waals surface area (Å²) in [5.74, 6) is 1.16. The molecule has 1 amide bonds. The van der Waals surface area contributed by atoms with Crippen LogP contribution in [0.1, 0.15) is 31.2 Å². The van der Waals surface area contributed by atoms with Gasteiger partial charge < -0.3 is 14.8 Å². The Balaban J connectivity index is 1.38. The summed E-state index contributed by atoms with van der Waals surface area (Å²) in [4.78, 5) is 37.2. The number of rotatable bonds is 3. The van der Waals surface area contributed by atoms with Crippen molar-refractivity contribution in [2.24, 2.45) is 5.41 Å². The Bertz CT molecular complexity index is 988. The molecule has 1 N–H and O–H groups in total. The number of carbonyl (C=O) groups excluding carboxylic acids is 1. The van der Waals surface area contributed by atoms with Gasteiger partial charge in [0.15, 0.2) is 11.5 Å². The number of aromatic nitrogens is 5. The summed E-state index contributed by atoms with van der Waals surface area (Å²) in [5, 5.41) is 0. The molecule has 2 fully saturated rings. The number of anilines is 1. The standard InChI is InChI=1S/C20H23N7O/c28-16-2-6-20(12-27(16)10-15-3-7-21-8-4-15)5-1-9-26(11-20)19-17-18(23-13-22-17)24-14-25-19/h3-4,7-8,13-14H,1-2,5-6,9-12H2,(H,22,23,24,25)/t20-/m1/s1. The van der Waals surface area contributed by atoms with E-state index in [4.69, 9.17) is 0 Å². The van der Waals surface area contributed by atoms with Gasteiger partial charge in [-0.2, -0.15) is 0 Å². The molecule has 0 aromatic carbocycles. The lowest BCUT2D eigenvalue weighted by Crippen LogP contribution is -2.54. The van der Waals surface area contributed by atoms with Gasteiger partial charge in [-0.25, -0.2) is 15.0 Å². The highest BCUT2D eigenvalue weighted by Crippen LogP contribution is 2.40. The van der Waals surface area contributed by atoms with Gasteiger partial charge in [-0.15, -0.1) is 0 Å². The van der Waals surface area contributed by atoms with Crippen molar-refractivity contribution in [2.45, 2.75) is 32.2 Å². The highest BCUT2D eigenvalue weighted by Gasteiger charge is 2.42. The molecular weight excluding hydrogens is 354 g/mol. The van der Waals surface area contributed by atoms with Crippen LogP contribution in [0.15, 0.2) is 37.2 Å². The van der Waals surface area contributed by atoms with Crippen LogP contribution >= 0.6 is 0 Å². The molecule has 1 atom stereocenters. The van der Waals surface area contributed by atoms with Crippen molar-refractivity contribution in [3.05, 3.63) is 42.7 Å². The van der Waals surface area contributed by atoms with Gasteiger partial charge in [0.2, 0.25) is 5.91 Å². The highest BCUT2D eigenvalue weighted by atomic mass is 16.2. The Labute approximate surface area is 163 Å². The number of imidazole rings is 1. The van der Waals surface area contributed by atoms with E-state index >= 15 is 0 Å². The maximum Gasteiger partial charge on any atom is 0.222 e. The minimum Gasteiger partial charge on any atom is -0.354 e. The summed E-state index contributed by atoms with van der Waals surface area (Å²) in [7, 11) is 0. The molecule has 5 heterocycles. The molecule has 5 rings (SSSR count). The van der Waals surface area contributed by atoms with Crippen LogP contribution in [-0.2, 0) is 11.3 Å². The Kier molecular flexibility index (Phi) is 4.18. The van der Waals surface area contributed by atoms with E-state index in [1.165, 1.54) is 0 Å². The third kappa shape index (κ3) is 3.08. The number of hydrogen-bond donors (Lipinski definition) is 1. The van der Waals surface area contributed by atoms with Crippen LogP contribution in [-0.4, -0.2) is 55.4 Å². The normalized spacial score (nSPS) is 22.9. The topological polar surface area (TPSA) is 90.9 Å². The van der Waals surface area contributed by atoms with Gasteiger partial charge >= 0.3 is 0 Å². The fourth-order valence-electron chi connectivity index (χ4n) is 4.67. The van der Waals surface area contributed by atoms with Crippen LogP contribution in [0.2, 0.25) is 0 Å². The van der Waals surface area contributed by atoms with Crippen molar-refractivity contribution in [3.63, 3.8) is 0 Å². The van der Waals surface area contributed by atoms with E-state index in [-0.39, 0.29) is 11.3 Å². The average molecular weight is 377 g/mol. The maximum absolute atomic E-state index is 12.6. The van der Waals surface area contributed by atoms with Gasteiger partial charge in [-0.05, 0) is 37.0 Å². The number of nitrogens with one attached hydrogen (secondary N) is 1. The number of pyridine rings is 1. The molecule has 0 aliphatic carbocycles. The van der Waals surface area contributed by atoms with Crippen LogP contribution in [0.5, 0.6) is 0 Å². The molecule has 2 aliphatic rings. The van der Waals surface area contributed by atoms with Gasteiger partial charge in [0.1, 0.15) is 11.8 Å². The van der Waals surface area contributed by atoms with E-state index in [2.05, 4.69) is 29.8 Å². The number of hydrogen-bond acceptors (Lipinski definition) is 6. The number of likely N-dealkylation sites (tertiary alicyclic amines) is 1. The fourth-order valence-corrected chi connectivity index (χ4v) is 4.67. The number of carbonyl (C=O) groups is 1. The molecule has 0 bridgehead atoms. The maximum atomic E-state index is 12.6. The van der Waals surface area contributed by atoms with Gasteiger partial charge in [0, 0.05) is 50.4 Å². The number of H-pyrrole nitrogens is 1. The highest BCUT2D eigenvalue weighted by molar-refractivity contribution is 5.83. The first kappa shape index (κ1) is 17.1. The smallest absolute Gasteiger partial charge is 0.222 e. The summed E-state index contributed by atoms with van der Waals surface area (Å²) in [5.41, 5.74) is 2.82. The second kappa shape index (κ2) is 6.85. The van der Waals surface area contributed by atoms with Crippen LogP contribution < -0.4 is 4.90 Å². The lowest BCUT2D eigenvalue weighted by molar-refractivity contribution is -0.138. The van der Waals surface area contributed by atoms with Gasteiger partial charge in [-0.3, -0.25) is 9.78 Å². The monoisotopic (exact) mass is 377 g/mol. The minimum atomic E-state index is 0.108. The van der Waals surface area contributed by atoms with Gasteiger partial charge in [0.05, 0.1) is 6.33 Å². The van der Waals surface area contributed by atoms with Crippen LogP contribution in [0.3, 0.4) is 0 Å². The molecule has 1 spiro atoms. The van der Waals surface area contributed by atoms with Crippen LogP contribution in [0, 0.1) is 5.41 Å². The second-order valence-electron chi connectivity index (χ2n) is 7.93. The number of amides is 1. The van der Waals surface area contributed by atoms with Crippen LogP contribution in [0.25, 0.3) is 11.2 Å². The Morgan fingerprint density at radius 3 is 2.89 bits per heavy atom. The van der Waals surface area contributed by atoms with Gasteiger partial charge in [-0.1, -0.05) is 0 Å². The van der Waals surface area contributed by atoms with Crippen molar-refractivity contribution in [1.29, 1.82) is 0 Å². The summed E-state index contributed by atoms with van der Waals surface area (Å²) in [6.45, 7) is 3.31. The van der Waals surface area contributed by atoms with Crippen molar-refractivity contribution in [2.75, 3.05) is 24.5 Å². The number of aromatic amines is 1. The summed E-state index contributed by atoms with van der Waals surface area (Å²) >= 11 is 0. The largest absolute Gasteiger partial charge is 0.354 e. The molecule has 2 saturated heterocycles. The third-order valence-electron chi connectivity index (χ3n) is 6.03. The van der Waals surface area contributed by atoms with Crippen molar-refractivity contribution in [1.82, 2.24) is 29.8 Å². The zero-order chi connectivity index (χ0) is 19.0. The SMILES string of the molecule is O=C1CC[C@@]2(CCCN(c3ncnc4nc[nH]c34)C2)CN1Cc1ccncc1. The third-order valence-corrected chi connectivity index (χ3v) is 6.03. The number of nitrogens with zero attached hydrogens (tertiary/aromatic N) is 6. The zero-order valence-corrected chi connectivity index (χ0v) is 15.7. The zero-order valence-electron chi connectivity index (χ0n) is 15.7. The summed E-state index contributed by atoms with van der Waals surface area (Å²) in [6, 6.07) is 3.97. The van der Waals surface area contributed by atoms with E-state index in [0.29, 0.717) is 18.6 Å². The fraction of sp³-hybridized carbons (Fsp3) is 0.450. The molecule has 0 radical (unpaired) electrons. The summed E-state index contributed by atoms with van der Waals surface area (Å²) in [6.07, 6.45) is 10.6. The number of piperidine rings is 2. The first-order valence-corrected chi connectivity index (χ1v) is 9.78. The first-order chi connectivity index (χ1) is 13.7. The average Bonchev–Trinajstić information content (AvgIpc) is 3.21. The Morgan fingerprint density at radius 1 is 1.11 bits per heavy atom. The molecule has 144 valence electrons. The molecule has 0 unspecified atom stereocenters. The molecule has 2 aliphatic heterocycles. The van der Waals surface area contributed by atoms with Crippen molar-refractivity contribution < 1.29 is 4.79 Å². The minimum absolute atomic E-state index is 0.108. The van der Waals surface area contributed by atoms with Crippen molar-refractivity contribution >= 4 is 22.9 Å². The Morgan fingerprint density at radius 2 is 2.00 bits per heavy atom. The molecule has 28 heavy (non-hydrogen) atoms. The lowest BCUT2D eigenvalue weighted by atomic mass is 9.73. The molecule has 0 saturated carbocycles. The molecule has 8 heteroatoms. The quantitative estimate of drug-likeness (QED) is 0.752. The van der Waals surface area contributed by atoms with E-state index in [1.54, 1.807) is 25.0 Å². The molecule has 3 aromatic heterocycles. The lowest BCUT2D eigenvalue weighted by Gasteiger charge is -2.48. The molecule has 8 nitrogen and oxygen atoms in total. The molecule has 3 aromatic rings. The number of fused-ring (bicyclic) bond motifs is 1. The van der Waals surface area contributed by atoms with Gasteiger partial charge in [0.25, 0.3) is 0 Å². The van der Waals surface area contributed by atoms with Crippen LogP contribution in [0.4, 0.5) is 5.82 Å². The van der Waals surface area contributed by atoms with Crippen molar-refractivity contribution in [3.8, 4) is 0 Å². The first-order valence-electron chi connectivity index (χ1n) is 9.78. The predicted molar refractivity (Wildman–Crippen MR) is 104 cm³/mol. The van der Waals surface area contributed by atoms with E-state index in [0.717, 1.165) is 55.8 Å².